The predicted molar refractivity (Wildman–Crippen MR) is 172 cm³/mol. The molecular weight excluding hydrogens is 619 g/mol. The summed E-state index contributed by atoms with van der Waals surface area (Å²) in [6, 6.07) is -5.51. The van der Waals surface area contributed by atoms with Crippen molar-refractivity contribution in [3.05, 3.63) is 0 Å². The zero-order chi connectivity index (χ0) is 35.8. The molecule has 0 aromatic heterocycles. The lowest BCUT2D eigenvalue weighted by Crippen LogP contribution is -2.56. The van der Waals surface area contributed by atoms with Crippen LogP contribution in [0.3, 0.4) is 0 Å². The second kappa shape index (κ2) is 25.3. The molecule has 0 spiro atoms. The smallest absolute Gasteiger partial charge is 0.326 e. The summed E-state index contributed by atoms with van der Waals surface area (Å²) in [4.78, 5) is 84.9. The first kappa shape index (κ1) is 43.1. The van der Waals surface area contributed by atoms with Crippen molar-refractivity contribution in [3.63, 3.8) is 0 Å². The van der Waals surface area contributed by atoms with Crippen LogP contribution in [0.25, 0.3) is 0 Å². The quantitative estimate of drug-likeness (QED) is 0.0431. The molecule has 0 radical (unpaired) electrons. The Hall–Kier alpha value is -3.86. The highest BCUT2D eigenvalue weighted by molar-refractivity contribution is 5.93. The van der Waals surface area contributed by atoms with Crippen molar-refractivity contribution in [2.45, 2.75) is 122 Å². The highest BCUT2D eigenvalue weighted by atomic mass is 19.2. The van der Waals surface area contributed by atoms with Gasteiger partial charge in [0.25, 0.3) is 5.91 Å². The average Bonchev–Trinajstić information content (AvgIpc) is 2.99. The lowest BCUT2D eigenvalue weighted by molar-refractivity contribution is -0.162. The summed E-state index contributed by atoms with van der Waals surface area (Å²) < 4.78 is 16.0. The van der Waals surface area contributed by atoms with Crippen LogP contribution < -0.4 is 38.1 Å². The molecule has 0 saturated carbocycles. The number of nitrogens with two attached hydrogens (primary N) is 2. The van der Waals surface area contributed by atoms with Crippen molar-refractivity contribution in [1.29, 1.82) is 0 Å². The molecule has 0 aromatic rings. The molecule has 47 heavy (non-hydrogen) atoms. The van der Waals surface area contributed by atoms with Gasteiger partial charge in [0.2, 0.25) is 29.5 Å². The summed E-state index contributed by atoms with van der Waals surface area (Å²) >= 11 is 0. The minimum atomic E-state index is -1.72. The van der Waals surface area contributed by atoms with Gasteiger partial charge in [-0.1, -0.05) is 4.48 Å². The summed E-state index contributed by atoms with van der Waals surface area (Å²) in [6.07, 6.45) is 3.28. The Bertz CT molecular complexity index is 1020. The summed E-state index contributed by atoms with van der Waals surface area (Å²) in [5.41, 5.74) is 11.5. The van der Waals surface area contributed by atoms with Gasteiger partial charge in [0.1, 0.15) is 18.1 Å². The largest absolute Gasteiger partial charge is 0.480 e. The molecule has 0 rings (SSSR count). The monoisotopic (exact) mass is 674 g/mol. The first-order valence-corrected chi connectivity index (χ1v) is 16.2. The lowest BCUT2D eigenvalue weighted by Gasteiger charge is -2.28. The molecule has 0 bridgehead atoms. The number of carboxylic acid groups (broad SMARTS) is 1. The van der Waals surface area contributed by atoms with E-state index >= 15 is 4.48 Å². The van der Waals surface area contributed by atoms with Gasteiger partial charge in [-0.05, 0) is 83.6 Å². The normalized spacial score (nSPS) is 13.3. The van der Waals surface area contributed by atoms with Crippen molar-refractivity contribution in [1.82, 2.24) is 31.7 Å². The first-order chi connectivity index (χ1) is 22.2. The SMILES string of the molecule is CC(=O)NCCCC[C@H](NC(=O)[C@@H](N)CCCCNC(C)=O)C(=O)N(F)[C@@H](CCCCNC(C)=O)C(=O)N[C@@H](CCCCN)C(=O)O. The molecule has 270 valence electrons. The molecule has 0 heterocycles. The molecule has 0 aliphatic rings. The van der Waals surface area contributed by atoms with Crippen molar-refractivity contribution in [2.24, 2.45) is 11.5 Å². The Morgan fingerprint density at radius 1 is 0.638 bits per heavy atom. The van der Waals surface area contributed by atoms with E-state index in [1.54, 1.807) is 0 Å². The number of carbonyl (C=O) groups excluding carboxylic acids is 6. The Balaban J connectivity index is 5.85. The second-order valence-corrected chi connectivity index (χ2v) is 11.5. The van der Waals surface area contributed by atoms with Gasteiger partial charge in [-0.25, -0.2) is 4.79 Å². The predicted octanol–water partition coefficient (Wildman–Crippen LogP) is -0.502. The number of hydrogen-bond acceptors (Lipinski definition) is 9. The number of hydrogen-bond donors (Lipinski definition) is 8. The van der Waals surface area contributed by atoms with Gasteiger partial charge < -0.3 is 43.2 Å². The van der Waals surface area contributed by atoms with E-state index in [1.807, 2.05) is 0 Å². The van der Waals surface area contributed by atoms with Crippen molar-refractivity contribution >= 4 is 41.4 Å². The second-order valence-electron chi connectivity index (χ2n) is 11.5. The lowest BCUT2D eigenvalue weighted by atomic mass is 10.0. The summed E-state index contributed by atoms with van der Waals surface area (Å²) in [5, 5.41) is 22.0. The molecular formula is C30H55FN8O8. The average molecular weight is 675 g/mol. The third-order valence-electron chi connectivity index (χ3n) is 7.19. The molecule has 17 heteroatoms. The van der Waals surface area contributed by atoms with E-state index in [2.05, 4.69) is 26.6 Å². The Labute approximate surface area is 276 Å². The van der Waals surface area contributed by atoms with Crippen LogP contribution in [0, 0.1) is 0 Å². The van der Waals surface area contributed by atoms with Gasteiger partial charge in [0.05, 0.1) is 6.04 Å². The van der Waals surface area contributed by atoms with Crippen molar-refractivity contribution < 1.29 is 43.1 Å². The molecule has 0 aromatic carbocycles. The zero-order valence-electron chi connectivity index (χ0n) is 27.9. The molecule has 16 nitrogen and oxygen atoms in total. The van der Waals surface area contributed by atoms with Gasteiger partial charge in [0.15, 0.2) is 0 Å². The summed E-state index contributed by atoms with van der Waals surface area (Å²) in [6.45, 7) is 5.32. The van der Waals surface area contributed by atoms with Crippen LogP contribution in [0.2, 0.25) is 0 Å². The molecule has 0 aliphatic heterocycles. The molecule has 0 saturated heterocycles. The number of rotatable bonds is 26. The topological polar surface area (TPSA) is 255 Å². The van der Waals surface area contributed by atoms with Crippen LogP contribution in [0.5, 0.6) is 0 Å². The van der Waals surface area contributed by atoms with E-state index in [1.165, 1.54) is 20.8 Å². The maximum absolute atomic E-state index is 16.0. The number of carbonyl (C=O) groups is 7. The number of carboxylic acids is 1. The summed E-state index contributed by atoms with van der Waals surface area (Å²) in [5.74, 6) is -4.98. The fourth-order valence-electron chi connectivity index (χ4n) is 4.55. The number of halogens is 1. The fraction of sp³-hybridized carbons (Fsp3) is 0.767. The number of nitrogens with one attached hydrogen (secondary N) is 5. The highest BCUT2D eigenvalue weighted by Gasteiger charge is 2.37. The van der Waals surface area contributed by atoms with Crippen LogP contribution >= 0.6 is 0 Å². The van der Waals surface area contributed by atoms with Crippen LogP contribution in [0.4, 0.5) is 4.48 Å². The van der Waals surface area contributed by atoms with Crippen molar-refractivity contribution in [2.75, 3.05) is 26.2 Å². The van der Waals surface area contributed by atoms with Gasteiger partial charge in [-0.3, -0.25) is 28.8 Å². The van der Waals surface area contributed by atoms with E-state index < -0.39 is 47.9 Å². The molecule has 0 fully saturated rings. The van der Waals surface area contributed by atoms with Gasteiger partial charge in [-0.15, -0.1) is 0 Å². The number of nitrogens with zero attached hydrogens (tertiary/aromatic N) is 1. The molecule has 6 amide bonds. The number of aliphatic carboxylic acids is 1. The molecule has 0 unspecified atom stereocenters. The van der Waals surface area contributed by atoms with Crippen LogP contribution in [-0.2, 0) is 33.6 Å². The highest BCUT2D eigenvalue weighted by Crippen LogP contribution is 2.16. The van der Waals surface area contributed by atoms with E-state index in [-0.39, 0.29) is 68.0 Å². The van der Waals surface area contributed by atoms with E-state index in [4.69, 9.17) is 11.5 Å². The van der Waals surface area contributed by atoms with Gasteiger partial charge in [-0.2, -0.15) is 5.12 Å². The van der Waals surface area contributed by atoms with Gasteiger partial charge >= 0.3 is 5.97 Å². The van der Waals surface area contributed by atoms with E-state index in [0.717, 1.165) is 0 Å². The van der Waals surface area contributed by atoms with Gasteiger partial charge in [0, 0.05) is 40.4 Å². The third kappa shape index (κ3) is 20.8. The van der Waals surface area contributed by atoms with Crippen LogP contribution in [0.1, 0.15) is 97.8 Å². The Morgan fingerprint density at radius 2 is 1.06 bits per heavy atom. The van der Waals surface area contributed by atoms with E-state index in [0.29, 0.717) is 58.0 Å². The van der Waals surface area contributed by atoms with Crippen molar-refractivity contribution in [3.8, 4) is 0 Å². The Kier molecular flexibility index (Phi) is 23.2. The van der Waals surface area contributed by atoms with Crippen LogP contribution in [0.15, 0.2) is 0 Å². The summed E-state index contributed by atoms with van der Waals surface area (Å²) in [7, 11) is 0. The minimum absolute atomic E-state index is 0.0342. The van der Waals surface area contributed by atoms with E-state index in [9.17, 15) is 38.7 Å². The molecule has 10 N–H and O–H groups in total. The fourth-order valence-corrected chi connectivity index (χ4v) is 4.55. The maximum Gasteiger partial charge on any atom is 0.326 e. The first-order valence-electron chi connectivity index (χ1n) is 16.2. The molecule has 4 atom stereocenters. The van der Waals surface area contributed by atoms with Crippen LogP contribution in [-0.4, -0.2) is 102 Å². The Morgan fingerprint density at radius 3 is 1.53 bits per heavy atom. The molecule has 0 aliphatic carbocycles. The standard InChI is InChI=1S/C30H55FN8O8/c1-20(40)34-17-9-5-12-23(33)27(43)37-24(13-6-10-18-35-21(2)41)29(45)39(31)26(15-7-11-19-36-22(3)42)28(44)38-25(30(46)47)14-4-8-16-32/h23-26H,4-19,32-33H2,1-3H3,(H,34,40)(H,35,41)(H,36,42)(H,37,43)(H,38,44)(H,46,47)/t23-,24-,25-,26-/m0/s1. The zero-order valence-corrected chi connectivity index (χ0v) is 27.9. The maximum atomic E-state index is 16.0. The number of unbranched alkanes of at least 4 members (excludes halogenated alkanes) is 4. The number of amides is 6. The minimum Gasteiger partial charge on any atom is -0.480 e. The third-order valence-corrected chi connectivity index (χ3v) is 7.19.